The van der Waals surface area contributed by atoms with Crippen molar-refractivity contribution in [3.05, 3.63) is 46.8 Å². The molecule has 1 aromatic heterocycles. The summed E-state index contributed by atoms with van der Waals surface area (Å²) in [6.45, 7) is 16.0. The highest BCUT2D eigenvalue weighted by Gasteiger charge is 2.18. The smallest absolute Gasteiger partial charge is 0.150 e. The average Bonchev–Trinajstić information content (AvgIpc) is 3.06. The maximum atomic E-state index is 5.41. The molecule has 0 spiro atoms. The average molecular weight is 371 g/mol. The van der Waals surface area contributed by atoms with Crippen LogP contribution in [0.25, 0.3) is 0 Å². The number of benzene rings is 1. The number of nitrogens with zero attached hydrogens (tertiary/aromatic N) is 3. The number of nitrogens with one attached hydrogen (secondary N) is 1. The Kier molecular flexibility index (Phi) is 6.91. The molecule has 27 heavy (non-hydrogen) atoms. The lowest BCUT2D eigenvalue weighted by atomic mass is 10.1. The highest BCUT2D eigenvalue weighted by molar-refractivity contribution is 5.54. The summed E-state index contributed by atoms with van der Waals surface area (Å²) >= 11 is 0. The Labute approximate surface area is 163 Å². The van der Waals surface area contributed by atoms with Crippen molar-refractivity contribution in [2.75, 3.05) is 44.2 Å². The molecule has 0 radical (unpaired) electrons. The number of anilines is 1. The minimum atomic E-state index is 0.610. The van der Waals surface area contributed by atoms with E-state index in [0.717, 1.165) is 63.7 Å². The fraction of sp³-hybridized carbons (Fsp3) is 0.591. The number of hydrogen-bond donors (Lipinski definition) is 1. The van der Waals surface area contributed by atoms with E-state index in [1.165, 1.54) is 16.8 Å². The van der Waals surface area contributed by atoms with Crippen molar-refractivity contribution < 1.29 is 4.52 Å². The van der Waals surface area contributed by atoms with Gasteiger partial charge in [-0.3, -0.25) is 4.90 Å². The molecule has 0 atom stereocenters. The predicted octanol–water partition coefficient (Wildman–Crippen LogP) is 3.40. The van der Waals surface area contributed by atoms with E-state index >= 15 is 0 Å². The molecule has 2 aromatic rings. The van der Waals surface area contributed by atoms with Crippen LogP contribution in [-0.2, 0) is 13.0 Å². The third-order valence-corrected chi connectivity index (χ3v) is 5.19. The molecule has 0 unspecified atom stereocenters. The zero-order valence-corrected chi connectivity index (χ0v) is 17.3. The van der Waals surface area contributed by atoms with Crippen molar-refractivity contribution in [3.63, 3.8) is 0 Å². The monoisotopic (exact) mass is 370 g/mol. The second-order valence-corrected chi connectivity index (χ2v) is 8.18. The van der Waals surface area contributed by atoms with Crippen LogP contribution in [-0.4, -0.2) is 49.3 Å². The maximum absolute atomic E-state index is 5.41. The fourth-order valence-electron chi connectivity index (χ4n) is 3.77. The lowest BCUT2D eigenvalue weighted by Crippen LogP contribution is -2.48. The zero-order chi connectivity index (χ0) is 19.2. The minimum absolute atomic E-state index is 0.610. The van der Waals surface area contributed by atoms with Gasteiger partial charge < -0.3 is 14.7 Å². The van der Waals surface area contributed by atoms with E-state index in [1.807, 2.05) is 0 Å². The molecular formula is C22H34N4O. The normalized spacial score (nSPS) is 15.7. The van der Waals surface area contributed by atoms with Gasteiger partial charge in [-0.15, -0.1) is 0 Å². The maximum Gasteiger partial charge on any atom is 0.150 e. The van der Waals surface area contributed by atoms with E-state index in [4.69, 9.17) is 4.52 Å². The molecule has 5 heteroatoms. The van der Waals surface area contributed by atoms with Crippen LogP contribution in [0.4, 0.5) is 5.69 Å². The third-order valence-electron chi connectivity index (χ3n) is 5.19. The lowest BCUT2D eigenvalue weighted by molar-refractivity contribution is 0.255. The Balaban J connectivity index is 1.35. The Bertz CT molecular complexity index is 717. The van der Waals surface area contributed by atoms with Crippen LogP contribution in [0.5, 0.6) is 0 Å². The van der Waals surface area contributed by atoms with Crippen LogP contribution in [0, 0.1) is 19.8 Å². The minimum Gasteiger partial charge on any atom is -0.369 e. The van der Waals surface area contributed by atoms with Crippen molar-refractivity contribution in [2.45, 2.75) is 40.7 Å². The lowest BCUT2D eigenvalue weighted by Gasteiger charge is -2.37. The van der Waals surface area contributed by atoms with E-state index in [9.17, 15) is 0 Å². The Hall–Kier alpha value is -1.85. The number of piperazine rings is 1. The standard InChI is InChI=1S/C22H34N4O/c1-17(2)13-20-15-21(27-24-20)16-23-7-8-25-9-11-26(12-10-25)22-6-5-18(3)14-19(22)4/h5-6,14-15,17,23H,7-13,16H2,1-4H3. The van der Waals surface area contributed by atoms with Crippen LogP contribution in [0.1, 0.15) is 36.4 Å². The van der Waals surface area contributed by atoms with Gasteiger partial charge in [0, 0.05) is 51.0 Å². The van der Waals surface area contributed by atoms with Gasteiger partial charge in [0.15, 0.2) is 5.76 Å². The predicted molar refractivity (Wildman–Crippen MR) is 111 cm³/mol. The molecule has 1 fully saturated rings. The fourth-order valence-corrected chi connectivity index (χ4v) is 3.77. The topological polar surface area (TPSA) is 44.5 Å². The molecule has 0 saturated carbocycles. The number of hydrogen-bond acceptors (Lipinski definition) is 5. The van der Waals surface area contributed by atoms with E-state index < -0.39 is 0 Å². The molecule has 5 nitrogen and oxygen atoms in total. The molecule has 1 aromatic carbocycles. The highest BCUT2D eigenvalue weighted by Crippen LogP contribution is 2.22. The summed E-state index contributed by atoms with van der Waals surface area (Å²) in [5.41, 5.74) is 5.17. The van der Waals surface area contributed by atoms with Gasteiger partial charge >= 0.3 is 0 Å². The molecule has 3 rings (SSSR count). The molecule has 0 bridgehead atoms. The zero-order valence-electron chi connectivity index (χ0n) is 17.3. The van der Waals surface area contributed by atoms with Gasteiger partial charge in [-0.1, -0.05) is 36.7 Å². The molecule has 148 valence electrons. The SMILES string of the molecule is Cc1ccc(N2CCN(CCNCc3cc(CC(C)C)no3)CC2)c(C)c1. The second kappa shape index (κ2) is 9.38. The molecule has 1 aliphatic rings. The molecular weight excluding hydrogens is 336 g/mol. The summed E-state index contributed by atoms with van der Waals surface area (Å²) in [6, 6.07) is 8.85. The summed E-state index contributed by atoms with van der Waals surface area (Å²) in [5.74, 6) is 1.54. The van der Waals surface area contributed by atoms with Crippen molar-refractivity contribution >= 4 is 5.69 Å². The van der Waals surface area contributed by atoms with E-state index in [-0.39, 0.29) is 0 Å². The van der Waals surface area contributed by atoms with Crippen molar-refractivity contribution in [1.82, 2.24) is 15.4 Å². The number of aromatic nitrogens is 1. The van der Waals surface area contributed by atoms with Gasteiger partial charge in [0.25, 0.3) is 0 Å². The van der Waals surface area contributed by atoms with Crippen molar-refractivity contribution in [3.8, 4) is 0 Å². The molecule has 1 N–H and O–H groups in total. The van der Waals surface area contributed by atoms with E-state index in [0.29, 0.717) is 5.92 Å². The van der Waals surface area contributed by atoms with Gasteiger partial charge in [-0.25, -0.2) is 0 Å². The number of rotatable bonds is 8. The summed E-state index contributed by atoms with van der Waals surface area (Å²) < 4.78 is 5.41. The summed E-state index contributed by atoms with van der Waals surface area (Å²) in [7, 11) is 0. The Morgan fingerprint density at radius 3 is 2.59 bits per heavy atom. The first-order valence-electron chi connectivity index (χ1n) is 10.2. The highest BCUT2D eigenvalue weighted by atomic mass is 16.5. The summed E-state index contributed by atoms with van der Waals surface area (Å²) in [4.78, 5) is 5.06. The molecule has 2 heterocycles. The molecule has 0 aliphatic carbocycles. The van der Waals surface area contributed by atoms with Crippen LogP contribution >= 0.6 is 0 Å². The van der Waals surface area contributed by atoms with Crippen LogP contribution in [0.3, 0.4) is 0 Å². The van der Waals surface area contributed by atoms with Gasteiger partial charge in [0.05, 0.1) is 12.2 Å². The Morgan fingerprint density at radius 1 is 1.11 bits per heavy atom. The first kappa shape index (κ1) is 19.9. The van der Waals surface area contributed by atoms with E-state index in [1.54, 1.807) is 0 Å². The second-order valence-electron chi connectivity index (χ2n) is 8.18. The van der Waals surface area contributed by atoms with Crippen LogP contribution in [0.2, 0.25) is 0 Å². The first-order chi connectivity index (χ1) is 13.0. The first-order valence-corrected chi connectivity index (χ1v) is 10.2. The van der Waals surface area contributed by atoms with Gasteiger partial charge in [-0.2, -0.15) is 0 Å². The molecule has 0 amide bonds. The van der Waals surface area contributed by atoms with Gasteiger partial charge in [-0.05, 0) is 37.8 Å². The largest absolute Gasteiger partial charge is 0.369 e. The summed E-state index contributed by atoms with van der Waals surface area (Å²) in [5, 5.41) is 7.63. The van der Waals surface area contributed by atoms with Crippen molar-refractivity contribution in [1.29, 1.82) is 0 Å². The van der Waals surface area contributed by atoms with Crippen LogP contribution < -0.4 is 10.2 Å². The van der Waals surface area contributed by atoms with Gasteiger partial charge in [0.1, 0.15) is 0 Å². The third kappa shape index (κ3) is 5.81. The Morgan fingerprint density at radius 2 is 1.89 bits per heavy atom. The van der Waals surface area contributed by atoms with Gasteiger partial charge in [0.2, 0.25) is 0 Å². The number of aryl methyl sites for hydroxylation is 2. The quantitative estimate of drug-likeness (QED) is 0.722. The van der Waals surface area contributed by atoms with Crippen LogP contribution in [0.15, 0.2) is 28.8 Å². The van der Waals surface area contributed by atoms with Crippen molar-refractivity contribution in [2.24, 2.45) is 5.92 Å². The molecule has 1 saturated heterocycles. The van der Waals surface area contributed by atoms with E-state index in [2.05, 4.69) is 72.2 Å². The summed E-state index contributed by atoms with van der Waals surface area (Å²) in [6.07, 6.45) is 0.980. The molecule has 1 aliphatic heterocycles.